The summed E-state index contributed by atoms with van der Waals surface area (Å²) in [5.74, 6) is -0.126. The van der Waals surface area contributed by atoms with Gasteiger partial charge in [-0.1, -0.05) is 0 Å². The summed E-state index contributed by atoms with van der Waals surface area (Å²) in [5, 5.41) is 0. The SMILES string of the molecule is Nc1ccc2c(c1)CCC(=O)N2CCCC(F)(F)F. The molecule has 104 valence electrons. The van der Waals surface area contributed by atoms with Crippen LogP contribution in [0.1, 0.15) is 24.8 Å². The third-order valence-corrected chi connectivity index (χ3v) is 3.15. The average Bonchev–Trinajstić information content (AvgIpc) is 2.30. The highest BCUT2D eigenvalue weighted by atomic mass is 19.4. The molecular formula is C13H15F3N2O. The molecule has 2 N–H and O–H groups in total. The number of amides is 1. The summed E-state index contributed by atoms with van der Waals surface area (Å²) in [4.78, 5) is 13.2. The molecule has 3 nitrogen and oxygen atoms in total. The molecule has 1 amide bonds. The molecule has 1 aromatic rings. The number of hydrogen-bond donors (Lipinski definition) is 1. The minimum Gasteiger partial charge on any atom is -0.399 e. The number of nitrogens with zero attached hydrogens (tertiary/aromatic N) is 1. The van der Waals surface area contributed by atoms with E-state index in [1.165, 1.54) is 4.90 Å². The highest BCUT2D eigenvalue weighted by molar-refractivity contribution is 5.96. The lowest BCUT2D eigenvalue weighted by molar-refractivity contribution is -0.135. The molecule has 0 saturated heterocycles. The molecule has 0 bridgehead atoms. The molecule has 0 fully saturated rings. The molecule has 0 aliphatic carbocycles. The van der Waals surface area contributed by atoms with Gasteiger partial charge in [0.1, 0.15) is 0 Å². The van der Waals surface area contributed by atoms with E-state index in [-0.39, 0.29) is 18.9 Å². The van der Waals surface area contributed by atoms with E-state index in [0.29, 0.717) is 24.2 Å². The number of hydrogen-bond acceptors (Lipinski definition) is 2. The molecule has 0 unspecified atom stereocenters. The Morgan fingerprint density at radius 1 is 1.26 bits per heavy atom. The highest BCUT2D eigenvalue weighted by Crippen LogP contribution is 2.30. The molecule has 2 rings (SSSR count). The number of carbonyl (C=O) groups is 1. The summed E-state index contributed by atoms with van der Waals surface area (Å²) < 4.78 is 36.4. The van der Waals surface area contributed by atoms with Crippen LogP contribution in [0.3, 0.4) is 0 Å². The smallest absolute Gasteiger partial charge is 0.389 e. The molecule has 0 aromatic heterocycles. The third-order valence-electron chi connectivity index (χ3n) is 3.15. The quantitative estimate of drug-likeness (QED) is 0.860. The Labute approximate surface area is 109 Å². The highest BCUT2D eigenvalue weighted by Gasteiger charge is 2.29. The fourth-order valence-electron chi connectivity index (χ4n) is 2.26. The van der Waals surface area contributed by atoms with Crippen LogP contribution in [0.5, 0.6) is 0 Å². The average molecular weight is 272 g/mol. The summed E-state index contributed by atoms with van der Waals surface area (Å²) in [6.45, 7) is 0.0925. The number of alkyl halides is 3. The van der Waals surface area contributed by atoms with E-state index in [1.54, 1.807) is 18.2 Å². The van der Waals surface area contributed by atoms with Crippen molar-refractivity contribution >= 4 is 17.3 Å². The summed E-state index contributed by atoms with van der Waals surface area (Å²) in [6.07, 6.45) is -4.22. The molecule has 1 aromatic carbocycles. The summed E-state index contributed by atoms with van der Waals surface area (Å²) >= 11 is 0. The first-order valence-electron chi connectivity index (χ1n) is 6.12. The Bertz CT molecular complexity index is 485. The van der Waals surface area contributed by atoms with Gasteiger partial charge in [0.2, 0.25) is 5.91 Å². The van der Waals surface area contributed by atoms with Crippen molar-refractivity contribution in [3.8, 4) is 0 Å². The van der Waals surface area contributed by atoms with Crippen LogP contribution >= 0.6 is 0 Å². The minimum atomic E-state index is -4.18. The van der Waals surface area contributed by atoms with Crippen molar-refractivity contribution in [3.63, 3.8) is 0 Å². The van der Waals surface area contributed by atoms with Crippen LogP contribution in [0.15, 0.2) is 18.2 Å². The Kier molecular flexibility index (Phi) is 3.68. The number of anilines is 2. The lowest BCUT2D eigenvalue weighted by Gasteiger charge is -2.29. The molecule has 1 aliphatic heterocycles. The zero-order chi connectivity index (χ0) is 14.0. The van der Waals surface area contributed by atoms with Gasteiger partial charge < -0.3 is 10.6 Å². The first-order chi connectivity index (χ1) is 8.87. The largest absolute Gasteiger partial charge is 0.399 e. The normalized spacial score (nSPS) is 15.5. The molecule has 0 radical (unpaired) electrons. The molecule has 1 aliphatic rings. The van der Waals surface area contributed by atoms with Gasteiger partial charge in [-0.2, -0.15) is 13.2 Å². The third kappa shape index (κ3) is 3.39. The van der Waals surface area contributed by atoms with Crippen LogP contribution in [-0.2, 0) is 11.2 Å². The van der Waals surface area contributed by atoms with Gasteiger partial charge in [0.25, 0.3) is 0 Å². The van der Waals surface area contributed by atoms with E-state index in [1.807, 2.05) is 0 Å². The van der Waals surface area contributed by atoms with E-state index in [9.17, 15) is 18.0 Å². The monoisotopic (exact) mass is 272 g/mol. The van der Waals surface area contributed by atoms with Crippen molar-refractivity contribution in [2.75, 3.05) is 17.2 Å². The lowest BCUT2D eigenvalue weighted by Crippen LogP contribution is -2.36. The van der Waals surface area contributed by atoms with Crippen LogP contribution < -0.4 is 10.6 Å². The van der Waals surface area contributed by atoms with Crippen LogP contribution in [0.4, 0.5) is 24.5 Å². The number of fused-ring (bicyclic) bond motifs is 1. The fourth-order valence-corrected chi connectivity index (χ4v) is 2.26. The van der Waals surface area contributed by atoms with E-state index < -0.39 is 12.6 Å². The number of carbonyl (C=O) groups excluding carboxylic acids is 1. The summed E-state index contributed by atoms with van der Waals surface area (Å²) in [5.41, 5.74) is 7.88. The Balaban J connectivity index is 2.10. The summed E-state index contributed by atoms with van der Waals surface area (Å²) in [7, 11) is 0. The van der Waals surface area contributed by atoms with Crippen LogP contribution in [0, 0.1) is 0 Å². The molecule has 1 heterocycles. The van der Waals surface area contributed by atoms with E-state index in [2.05, 4.69) is 0 Å². The maximum absolute atomic E-state index is 12.1. The zero-order valence-electron chi connectivity index (χ0n) is 10.3. The van der Waals surface area contributed by atoms with Gasteiger partial charge in [0.15, 0.2) is 0 Å². The first-order valence-corrected chi connectivity index (χ1v) is 6.12. The Morgan fingerprint density at radius 3 is 2.68 bits per heavy atom. The maximum atomic E-state index is 12.1. The fraction of sp³-hybridized carbons (Fsp3) is 0.462. The molecule has 0 atom stereocenters. The number of halogens is 3. The molecule has 6 heteroatoms. The lowest BCUT2D eigenvalue weighted by atomic mass is 10.00. The minimum absolute atomic E-state index is 0.0843. The van der Waals surface area contributed by atoms with Crippen molar-refractivity contribution in [2.45, 2.75) is 31.9 Å². The van der Waals surface area contributed by atoms with Crippen molar-refractivity contribution in [2.24, 2.45) is 0 Å². The van der Waals surface area contributed by atoms with Gasteiger partial charge in [-0.05, 0) is 36.6 Å². The van der Waals surface area contributed by atoms with Gasteiger partial charge in [-0.15, -0.1) is 0 Å². The number of aryl methyl sites for hydroxylation is 1. The molecule has 0 spiro atoms. The van der Waals surface area contributed by atoms with Gasteiger partial charge in [-0.25, -0.2) is 0 Å². The van der Waals surface area contributed by atoms with Gasteiger partial charge in [0.05, 0.1) is 0 Å². The van der Waals surface area contributed by atoms with Crippen molar-refractivity contribution in [1.82, 2.24) is 0 Å². The van der Waals surface area contributed by atoms with Crippen LogP contribution in [0.25, 0.3) is 0 Å². The standard InChI is InChI=1S/C13H15F3N2O/c14-13(15,16)6-1-7-18-11-4-3-10(17)8-9(11)2-5-12(18)19/h3-4,8H,1-2,5-7,17H2. The first kappa shape index (κ1) is 13.7. The van der Waals surface area contributed by atoms with E-state index >= 15 is 0 Å². The molecule has 0 saturated carbocycles. The zero-order valence-corrected chi connectivity index (χ0v) is 10.3. The van der Waals surface area contributed by atoms with E-state index in [0.717, 1.165) is 5.56 Å². The Hall–Kier alpha value is -1.72. The van der Waals surface area contributed by atoms with Crippen LogP contribution in [0.2, 0.25) is 0 Å². The predicted molar refractivity (Wildman–Crippen MR) is 66.8 cm³/mol. The number of nitrogen functional groups attached to an aromatic ring is 1. The maximum Gasteiger partial charge on any atom is 0.389 e. The summed E-state index contributed by atoms with van der Waals surface area (Å²) in [6, 6.07) is 5.14. The topological polar surface area (TPSA) is 46.3 Å². The second kappa shape index (κ2) is 5.11. The predicted octanol–water partition coefficient (Wildman–Crippen LogP) is 2.89. The number of rotatable bonds is 3. The second-order valence-corrected chi connectivity index (χ2v) is 4.65. The van der Waals surface area contributed by atoms with Gasteiger partial charge in [-0.3, -0.25) is 4.79 Å². The van der Waals surface area contributed by atoms with Crippen molar-refractivity contribution in [3.05, 3.63) is 23.8 Å². The van der Waals surface area contributed by atoms with Crippen LogP contribution in [-0.4, -0.2) is 18.6 Å². The number of benzene rings is 1. The Morgan fingerprint density at radius 2 is 2.00 bits per heavy atom. The van der Waals surface area contributed by atoms with Crippen molar-refractivity contribution in [1.29, 1.82) is 0 Å². The molecule has 19 heavy (non-hydrogen) atoms. The van der Waals surface area contributed by atoms with E-state index in [4.69, 9.17) is 5.73 Å². The van der Waals surface area contributed by atoms with Gasteiger partial charge in [0, 0.05) is 30.8 Å². The molecular weight excluding hydrogens is 257 g/mol. The van der Waals surface area contributed by atoms with Crippen molar-refractivity contribution < 1.29 is 18.0 Å². The second-order valence-electron chi connectivity index (χ2n) is 4.65. The van der Waals surface area contributed by atoms with Gasteiger partial charge >= 0.3 is 6.18 Å². The number of nitrogens with two attached hydrogens (primary N) is 1.